The molecule has 2 atom stereocenters. The van der Waals surface area contributed by atoms with E-state index in [1.165, 1.54) is 12.7 Å². The van der Waals surface area contributed by atoms with Crippen LogP contribution in [0.15, 0.2) is 36.8 Å². The van der Waals surface area contributed by atoms with Crippen LogP contribution in [0.25, 0.3) is 10.9 Å². The van der Waals surface area contributed by atoms with Gasteiger partial charge in [-0.05, 0) is 73.8 Å². The van der Waals surface area contributed by atoms with Gasteiger partial charge in [-0.1, -0.05) is 6.07 Å². The Morgan fingerprint density at radius 2 is 2.00 bits per heavy atom. The van der Waals surface area contributed by atoms with Crippen LogP contribution in [0.2, 0.25) is 0 Å². The summed E-state index contributed by atoms with van der Waals surface area (Å²) in [7, 11) is 2.01. The average molecular weight is 376 g/mol. The first-order chi connectivity index (χ1) is 13.6. The Balaban J connectivity index is 1.36. The Labute approximate surface area is 163 Å². The molecule has 2 unspecified atom stereocenters. The Hall–Kier alpha value is -2.70. The van der Waals surface area contributed by atoms with Crippen molar-refractivity contribution in [1.29, 1.82) is 0 Å². The summed E-state index contributed by atoms with van der Waals surface area (Å²) < 4.78 is 2.06. The molecule has 0 spiro atoms. The van der Waals surface area contributed by atoms with E-state index < -0.39 is 0 Å². The predicted octanol–water partition coefficient (Wildman–Crippen LogP) is 2.64. The van der Waals surface area contributed by atoms with Crippen molar-refractivity contribution in [2.45, 2.75) is 49.6 Å². The van der Waals surface area contributed by atoms with E-state index in [4.69, 9.17) is 0 Å². The van der Waals surface area contributed by atoms with Crippen LogP contribution in [-0.4, -0.2) is 36.2 Å². The number of benzene rings is 1. The van der Waals surface area contributed by atoms with Crippen molar-refractivity contribution in [1.82, 2.24) is 30.1 Å². The zero-order chi connectivity index (χ0) is 18.9. The quantitative estimate of drug-likeness (QED) is 0.762. The van der Waals surface area contributed by atoms with Gasteiger partial charge in [0.2, 0.25) is 0 Å². The Kier molecular flexibility index (Phi) is 3.15. The number of rotatable bonds is 3. The van der Waals surface area contributed by atoms with Gasteiger partial charge in [0.15, 0.2) is 6.33 Å². The molecule has 28 heavy (non-hydrogen) atoms. The Bertz CT molecular complexity index is 1050. The third kappa shape index (κ3) is 2.22. The Morgan fingerprint density at radius 1 is 1.18 bits per heavy atom. The molecule has 0 aliphatic heterocycles. The number of aromatic nitrogens is 5. The molecular formula is C21H24N6O. The van der Waals surface area contributed by atoms with Gasteiger partial charge in [-0.25, -0.2) is 0 Å². The van der Waals surface area contributed by atoms with Gasteiger partial charge in [-0.3, -0.25) is 4.79 Å². The Morgan fingerprint density at radius 3 is 2.75 bits per heavy atom. The third-order valence-corrected chi connectivity index (χ3v) is 7.35. The van der Waals surface area contributed by atoms with E-state index in [1.807, 2.05) is 36.2 Å². The molecule has 4 aliphatic rings. The van der Waals surface area contributed by atoms with E-state index in [2.05, 4.69) is 31.4 Å². The summed E-state index contributed by atoms with van der Waals surface area (Å²) in [5.74, 6) is 1.29. The lowest BCUT2D eigenvalue weighted by Gasteiger charge is -2.61. The van der Waals surface area contributed by atoms with E-state index >= 15 is 0 Å². The minimum Gasteiger partial charge on any atom is -0.351 e. The number of fused-ring (bicyclic) bond motifs is 1. The van der Waals surface area contributed by atoms with Crippen LogP contribution in [0.4, 0.5) is 0 Å². The summed E-state index contributed by atoms with van der Waals surface area (Å²) in [4.78, 5) is 15.2. The lowest BCUT2D eigenvalue weighted by atomic mass is 9.50. The molecule has 4 bridgehead atoms. The molecule has 7 nitrogen and oxygen atoms in total. The number of carbonyl (C=O) groups is 1. The summed E-state index contributed by atoms with van der Waals surface area (Å²) in [5.41, 5.74) is 1.60. The molecule has 1 aromatic carbocycles. The van der Waals surface area contributed by atoms with Crippen molar-refractivity contribution in [3.8, 4) is 0 Å². The van der Waals surface area contributed by atoms with Crippen LogP contribution < -0.4 is 5.32 Å². The molecule has 4 aliphatic carbocycles. The van der Waals surface area contributed by atoms with Crippen molar-refractivity contribution in [3.63, 3.8) is 0 Å². The zero-order valence-electron chi connectivity index (χ0n) is 16.0. The van der Waals surface area contributed by atoms with Crippen molar-refractivity contribution in [2.75, 3.05) is 0 Å². The smallest absolute Gasteiger partial charge is 0.252 e. The summed E-state index contributed by atoms with van der Waals surface area (Å²) in [6, 6.07) is 8.00. The van der Waals surface area contributed by atoms with Gasteiger partial charge < -0.3 is 9.88 Å². The molecule has 7 heteroatoms. The second kappa shape index (κ2) is 5.43. The number of nitrogens with zero attached hydrogens (tertiary/aromatic N) is 5. The highest BCUT2D eigenvalue weighted by Gasteiger charge is 2.60. The molecule has 2 aromatic heterocycles. The van der Waals surface area contributed by atoms with Crippen LogP contribution in [-0.2, 0) is 12.6 Å². The normalized spacial score (nSPS) is 33.5. The van der Waals surface area contributed by atoms with Crippen LogP contribution in [0.1, 0.15) is 48.9 Å². The van der Waals surface area contributed by atoms with Crippen molar-refractivity contribution < 1.29 is 4.79 Å². The molecule has 4 fully saturated rings. The summed E-state index contributed by atoms with van der Waals surface area (Å²) in [6.45, 7) is 0. The molecule has 1 N–H and O–H groups in total. The van der Waals surface area contributed by atoms with Crippen molar-refractivity contribution >= 4 is 16.8 Å². The van der Waals surface area contributed by atoms with E-state index in [0.29, 0.717) is 11.8 Å². The molecule has 7 rings (SSSR count). The molecule has 2 heterocycles. The van der Waals surface area contributed by atoms with Crippen LogP contribution in [0.3, 0.4) is 0 Å². The molecule has 0 saturated heterocycles. The molecule has 1 amide bonds. The van der Waals surface area contributed by atoms with Gasteiger partial charge in [0.05, 0.1) is 5.54 Å². The number of hydrogen-bond acceptors (Lipinski definition) is 4. The number of aryl methyl sites for hydroxylation is 1. The maximum Gasteiger partial charge on any atom is 0.252 e. The highest BCUT2D eigenvalue weighted by atomic mass is 16.1. The molecular weight excluding hydrogens is 352 g/mol. The number of carbonyl (C=O) groups excluding carboxylic acids is 1. The monoisotopic (exact) mass is 376 g/mol. The van der Waals surface area contributed by atoms with Gasteiger partial charge in [-0.15, -0.1) is 10.2 Å². The fourth-order valence-corrected chi connectivity index (χ4v) is 6.79. The lowest BCUT2D eigenvalue weighted by Crippen LogP contribution is -2.66. The highest BCUT2D eigenvalue weighted by Crippen LogP contribution is 2.60. The second-order valence-electron chi connectivity index (χ2n) is 9.31. The number of hydrogen-bond donors (Lipinski definition) is 1. The van der Waals surface area contributed by atoms with Crippen molar-refractivity contribution in [2.24, 2.45) is 18.9 Å². The number of amides is 1. The maximum absolute atomic E-state index is 13.4. The number of tetrazole rings is 1. The number of nitrogens with one attached hydrogen (secondary N) is 1. The SMILES string of the molecule is Cn1ccc2c(C(=O)NC34CC5CC(C3)CC(n3ncnn3)(C5)C4)cccc21. The minimum atomic E-state index is -0.161. The minimum absolute atomic E-state index is 0.0421. The lowest BCUT2D eigenvalue weighted by molar-refractivity contribution is -0.0810. The van der Waals surface area contributed by atoms with Gasteiger partial charge in [-0.2, -0.15) is 4.80 Å². The van der Waals surface area contributed by atoms with Gasteiger partial charge in [0.1, 0.15) is 0 Å². The van der Waals surface area contributed by atoms with Gasteiger partial charge >= 0.3 is 0 Å². The first-order valence-electron chi connectivity index (χ1n) is 10.2. The molecule has 0 radical (unpaired) electrons. The summed E-state index contributed by atoms with van der Waals surface area (Å²) >= 11 is 0. The van der Waals surface area contributed by atoms with E-state index in [0.717, 1.165) is 48.6 Å². The van der Waals surface area contributed by atoms with Crippen molar-refractivity contribution in [3.05, 3.63) is 42.4 Å². The summed E-state index contributed by atoms with van der Waals surface area (Å²) in [5, 5.41) is 17.1. The second-order valence-corrected chi connectivity index (χ2v) is 9.31. The zero-order valence-corrected chi connectivity index (χ0v) is 16.0. The fourth-order valence-electron chi connectivity index (χ4n) is 6.79. The van der Waals surface area contributed by atoms with E-state index in [-0.39, 0.29) is 17.0 Å². The van der Waals surface area contributed by atoms with Crippen LogP contribution in [0, 0.1) is 11.8 Å². The first-order valence-corrected chi connectivity index (χ1v) is 10.2. The van der Waals surface area contributed by atoms with Gasteiger partial charge in [0.25, 0.3) is 5.91 Å². The average Bonchev–Trinajstić information content (AvgIpc) is 3.31. The van der Waals surface area contributed by atoms with E-state index in [9.17, 15) is 4.79 Å². The highest BCUT2D eigenvalue weighted by molar-refractivity contribution is 6.06. The maximum atomic E-state index is 13.4. The van der Waals surface area contributed by atoms with Crippen LogP contribution in [0.5, 0.6) is 0 Å². The molecule has 3 aromatic rings. The standard InChI is InChI=1S/C21H24N6O/c1-26-6-5-16-17(3-2-4-18(16)26)19(28)24-20-8-14-7-15(9-20)11-21(10-14,12-20)27-23-13-22-25-27/h2-6,13-15H,7-12H2,1H3,(H,24,28). The van der Waals surface area contributed by atoms with E-state index in [1.54, 1.807) is 0 Å². The fraction of sp³-hybridized carbons (Fsp3) is 0.524. The first kappa shape index (κ1) is 16.3. The molecule has 144 valence electrons. The largest absolute Gasteiger partial charge is 0.351 e. The predicted molar refractivity (Wildman–Crippen MR) is 104 cm³/mol. The molecule has 4 saturated carbocycles. The summed E-state index contributed by atoms with van der Waals surface area (Å²) in [6.07, 6.45) is 10.0. The van der Waals surface area contributed by atoms with Gasteiger partial charge in [0, 0.05) is 35.2 Å². The third-order valence-electron chi connectivity index (χ3n) is 7.35. The topological polar surface area (TPSA) is 77.6 Å². The van der Waals surface area contributed by atoms with Crippen LogP contribution >= 0.6 is 0 Å².